The minimum absolute atomic E-state index is 0.0430. The molecule has 1 unspecified atom stereocenters. The number of nitrogens with zero attached hydrogens (tertiary/aromatic N) is 1. The van der Waals surface area contributed by atoms with E-state index in [1.54, 1.807) is 6.07 Å². The van der Waals surface area contributed by atoms with Gasteiger partial charge in [0.2, 0.25) is 5.91 Å². The standard InChI is InChI=1S/C32H47NO6S/c1-2-3-4-5-6-12-29(36)24-13-15-26(16-14-24)33-25(17-20-31(33)37)9-7-11-28-18-19-30(40-28)32(38)39-23-21-27(35)10-8-22-34/h13-16,18-19,25,27,29,34-36H,2-12,17,20-23H2,1H3/t25-,27?,29-/m0/s1. The Balaban J connectivity index is 1.43. The second kappa shape index (κ2) is 17.5. The summed E-state index contributed by atoms with van der Waals surface area (Å²) in [6.07, 6.45) is 11.0. The van der Waals surface area contributed by atoms with Gasteiger partial charge < -0.3 is 25.0 Å². The summed E-state index contributed by atoms with van der Waals surface area (Å²) in [7, 11) is 0. The van der Waals surface area contributed by atoms with E-state index in [1.807, 2.05) is 35.2 Å². The molecule has 2 aromatic rings. The monoisotopic (exact) mass is 573 g/mol. The smallest absolute Gasteiger partial charge is 0.348 e. The number of ether oxygens (including phenoxy) is 1. The molecule has 0 radical (unpaired) electrons. The zero-order chi connectivity index (χ0) is 28.7. The van der Waals surface area contributed by atoms with E-state index in [2.05, 4.69) is 6.92 Å². The average molecular weight is 574 g/mol. The lowest BCUT2D eigenvalue weighted by Crippen LogP contribution is -2.32. The van der Waals surface area contributed by atoms with Crippen molar-refractivity contribution in [3.63, 3.8) is 0 Å². The topological polar surface area (TPSA) is 107 Å². The van der Waals surface area contributed by atoms with Crippen LogP contribution in [-0.2, 0) is 16.0 Å². The van der Waals surface area contributed by atoms with Crippen molar-refractivity contribution in [3.8, 4) is 0 Å². The number of hydrogen-bond donors (Lipinski definition) is 3. The number of aliphatic hydroxyl groups excluding tert-OH is 3. The van der Waals surface area contributed by atoms with Crippen molar-refractivity contribution in [2.45, 2.75) is 115 Å². The summed E-state index contributed by atoms with van der Waals surface area (Å²) in [5.41, 5.74) is 1.81. The zero-order valence-corrected chi connectivity index (χ0v) is 24.7. The average Bonchev–Trinajstić information content (AvgIpc) is 3.58. The molecule has 40 heavy (non-hydrogen) atoms. The second-order valence-corrected chi connectivity index (χ2v) is 12.0. The van der Waals surface area contributed by atoms with Crippen molar-refractivity contribution in [1.82, 2.24) is 0 Å². The molecule has 222 valence electrons. The van der Waals surface area contributed by atoms with E-state index in [0.717, 1.165) is 61.1 Å². The molecule has 0 saturated carbocycles. The summed E-state index contributed by atoms with van der Waals surface area (Å²) in [4.78, 5) is 28.6. The maximum Gasteiger partial charge on any atom is 0.348 e. The number of unbranched alkanes of at least 4 members (excludes halogenated alkanes) is 4. The summed E-state index contributed by atoms with van der Waals surface area (Å²) >= 11 is 1.43. The Hall–Kier alpha value is -2.26. The number of aryl methyl sites for hydroxylation is 1. The van der Waals surface area contributed by atoms with Gasteiger partial charge in [0.25, 0.3) is 0 Å². The summed E-state index contributed by atoms with van der Waals surface area (Å²) in [6, 6.07) is 11.8. The molecule has 7 nitrogen and oxygen atoms in total. The first-order valence-corrected chi connectivity index (χ1v) is 15.9. The Bertz CT molecular complexity index is 1020. The van der Waals surface area contributed by atoms with Gasteiger partial charge in [0.15, 0.2) is 0 Å². The van der Waals surface area contributed by atoms with Crippen LogP contribution in [0.2, 0.25) is 0 Å². The van der Waals surface area contributed by atoms with Crippen LogP contribution < -0.4 is 4.90 Å². The van der Waals surface area contributed by atoms with Crippen LogP contribution in [0.15, 0.2) is 36.4 Å². The van der Waals surface area contributed by atoms with Crippen LogP contribution in [0.4, 0.5) is 5.69 Å². The van der Waals surface area contributed by atoms with E-state index in [0.29, 0.717) is 30.6 Å². The predicted molar refractivity (Wildman–Crippen MR) is 160 cm³/mol. The molecule has 1 amide bonds. The number of anilines is 1. The van der Waals surface area contributed by atoms with Crippen LogP contribution >= 0.6 is 11.3 Å². The Morgan fingerprint density at radius 3 is 2.52 bits per heavy atom. The molecule has 8 heteroatoms. The normalized spacial score (nSPS) is 16.9. The number of carbonyl (C=O) groups is 2. The van der Waals surface area contributed by atoms with Gasteiger partial charge in [-0.25, -0.2) is 4.79 Å². The van der Waals surface area contributed by atoms with E-state index >= 15 is 0 Å². The molecule has 1 fully saturated rings. The summed E-state index contributed by atoms with van der Waals surface area (Å²) in [6.45, 7) is 2.40. The fourth-order valence-corrected chi connectivity index (χ4v) is 6.24. The molecule has 1 aliphatic heterocycles. The van der Waals surface area contributed by atoms with Gasteiger partial charge in [0, 0.05) is 36.1 Å². The van der Waals surface area contributed by atoms with Crippen LogP contribution in [0.25, 0.3) is 0 Å². The van der Waals surface area contributed by atoms with Crippen molar-refractivity contribution >= 4 is 28.9 Å². The van der Waals surface area contributed by atoms with Gasteiger partial charge in [-0.1, -0.05) is 51.2 Å². The zero-order valence-electron chi connectivity index (χ0n) is 23.9. The number of carbonyl (C=O) groups excluding carboxylic acids is 2. The van der Waals surface area contributed by atoms with E-state index in [4.69, 9.17) is 9.84 Å². The molecule has 0 bridgehead atoms. The van der Waals surface area contributed by atoms with Gasteiger partial charge in [-0.3, -0.25) is 4.79 Å². The molecule has 0 spiro atoms. The van der Waals surface area contributed by atoms with Crippen LogP contribution in [-0.4, -0.2) is 52.6 Å². The first-order chi connectivity index (χ1) is 19.4. The van der Waals surface area contributed by atoms with Crippen molar-refractivity contribution < 1.29 is 29.6 Å². The second-order valence-electron chi connectivity index (χ2n) is 10.9. The highest BCUT2D eigenvalue weighted by atomic mass is 32.1. The minimum atomic E-state index is -0.574. The SMILES string of the molecule is CCCCCCC[C@H](O)c1ccc(N2C(=O)CC[C@@H]2CCCc2ccc(C(=O)OCCC(O)CCCO)s2)cc1. The largest absolute Gasteiger partial charge is 0.461 e. The lowest BCUT2D eigenvalue weighted by atomic mass is 10.0. The molecule has 3 atom stereocenters. The first kappa shape index (κ1) is 32.3. The lowest BCUT2D eigenvalue weighted by molar-refractivity contribution is -0.117. The number of benzene rings is 1. The minimum Gasteiger partial charge on any atom is -0.461 e. The van der Waals surface area contributed by atoms with Gasteiger partial charge in [-0.05, 0) is 74.8 Å². The number of rotatable bonds is 19. The Morgan fingerprint density at radius 2 is 1.77 bits per heavy atom. The number of hydrogen-bond acceptors (Lipinski definition) is 7. The highest BCUT2D eigenvalue weighted by molar-refractivity contribution is 7.13. The van der Waals surface area contributed by atoms with E-state index in [9.17, 15) is 19.8 Å². The summed E-state index contributed by atoms with van der Waals surface area (Å²) in [5, 5.41) is 29.2. The summed E-state index contributed by atoms with van der Waals surface area (Å²) < 4.78 is 5.30. The third-order valence-electron chi connectivity index (χ3n) is 7.67. The van der Waals surface area contributed by atoms with Gasteiger partial charge in [0.05, 0.1) is 18.8 Å². The van der Waals surface area contributed by atoms with Crippen molar-refractivity contribution in [2.24, 2.45) is 0 Å². The Morgan fingerprint density at radius 1 is 1.00 bits per heavy atom. The van der Waals surface area contributed by atoms with E-state index in [1.165, 1.54) is 30.6 Å². The quantitative estimate of drug-likeness (QED) is 0.134. The van der Waals surface area contributed by atoms with Crippen molar-refractivity contribution in [2.75, 3.05) is 18.1 Å². The highest BCUT2D eigenvalue weighted by Crippen LogP contribution is 2.31. The number of aliphatic hydroxyl groups is 3. The Kier molecular flexibility index (Phi) is 14.1. The van der Waals surface area contributed by atoms with Gasteiger partial charge in [-0.2, -0.15) is 0 Å². The molecular weight excluding hydrogens is 526 g/mol. The third-order valence-corrected chi connectivity index (χ3v) is 8.79. The fraction of sp³-hybridized carbons (Fsp3) is 0.625. The number of esters is 1. The Labute approximate surface area is 243 Å². The molecule has 1 aromatic carbocycles. The molecule has 0 aliphatic carbocycles. The molecule has 3 rings (SSSR count). The van der Waals surface area contributed by atoms with E-state index < -0.39 is 12.2 Å². The number of amides is 1. The van der Waals surface area contributed by atoms with Crippen LogP contribution in [0.3, 0.4) is 0 Å². The van der Waals surface area contributed by atoms with Crippen molar-refractivity contribution in [3.05, 3.63) is 51.7 Å². The third kappa shape index (κ3) is 10.3. The first-order valence-electron chi connectivity index (χ1n) is 15.1. The molecule has 1 aliphatic rings. The molecule has 1 aromatic heterocycles. The molecule has 2 heterocycles. The molecular formula is C32H47NO6S. The fourth-order valence-electron chi connectivity index (χ4n) is 5.30. The van der Waals surface area contributed by atoms with Gasteiger partial charge in [-0.15, -0.1) is 11.3 Å². The van der Waals surface area contributed by atoms with Crippen LogP contribution in [0, 0.1) is 0 Å². The lowest BCUT2D eigenvalue weighted by Gasteiger charge is -2.25. The molecule has 1 saturated heterocycles. The van der Waals surface area contributed by atoms with Crippen LogP contribution in [0.1, 0.15) is 117 Å². The van der Waals surface area contributed by atoms with E-state index in [-0.39, 0.29) is 31.1 Å². The van der Waals surface area contributed by atoms with Crippen molar-refractivity contribution in [1.29, 1.82) is 0 Å². The number of thiophene rings is 1. The summed E-state index contributed by atoms with van der Waals surface area (Å²) in [5.74, 6) is -0.222. The highest BCUT2D eigenvalue weighted by Gasteiger charge is 2.31. The maximum atomic E-state index is 12.7. The van der Waals surface area contributed by atoms with Gasteiger partial charge >= 0.3 is 5.97 Å². The van der Waals surface area contributed by atoms with Gasteiger partial charge in [0.1, 0.15) is 4.88 Å². The van der Waals surface area contributed by atoms with Crippen LogP contribution in [0.5, 0.6) is 0 Å². The predicted octanol–water partition coefficient (Wildman–Crippen LogP) is 6.34. The molecule has 3 N–H and O–H groups in total. The maximum absolute atomic E-state index is 12.7.